The predicted octanol–water partition coefficient (Wildman–Crippen LogP) is -5.65. The normalized spacial score (nSPS) is 9.83. The molecule has 8 nitrogen and oxygen atoms in total. The van der Waals surface area contributed by atoms with Crippen molar-refractivity contribution >= 4 is 15.6 Å². The summed E-state index contributed by atoms with van der Waals surface area (Å²) in [6.07, 6.45) is 0. The Kier molecular flexibility index (Phi) is 20.7. The molecular weight excluding hydrogens is 470 g/mol. The van der Waals surface area contributed by atoms with Crippen molar-refractivity contribution in [1.82, 2.24) is 0 Å². The minimum atomic E-state index is -5.39. The molecule has 0 atom stereocenters. The zero-order chi connectivity index (χ0) is 9.00. The number of hydrogen-bond donors (Lipinski definition) is 0. The van der Waals surface area contributed by atoms with E-state index in [1.807, 2.05) is 0 Å². The molecule has 0 rings (SSSR count). The van der Waals surface area contributed by atoms with Gasteiger partial charge in [-0.2, -0.15) is 15.6 Å². The van der Waals surface area contributed by atoms with Crippen molar-refractivity contribution in [1.29, 1.82) is 0 Å². The van der Waals surface area contributed by atoms with E-state index in [0.717, 1.165) is 0 Å². The molecule has 0 N–H and O–H groups in total. The summed E-state index contributed by atoms with van der Waals surface area (Å²) < 4.78 is 17.1. The third-order valence-electron chi connectivity index (χ3n) is 0. The Morgan fingerprint density at radius 3 is 0.667 bits per heavy atom. The van der Waals surface area contributed by atoms with Crippen LogP contribution < -0.4 is 29.4 Å². The van der Waals surface area contributed by atoms with Crippen LogP contribution in [0.2, 0.25) is 0 Å². The van der Waals surface area contributed by atoms with Crippen LogP contribution in [0.15, 0.2) is 0 Å². The van der Waals surface area contributed by atoms with Crippen molar-refractivity contribution in [3.63, 3.8) is 0 Å². The number of hydrogen-bond acceptors (Lipinski definition) is 8. The fourth-order valence-corrected chi connectivity index (χ4v) is 0. The van der Waals surface area contributed by atoms with Gasteiger partial charge in [-0.15, -0.1) is 0 Å². The molecule has 0 heterocycles. The number of rotatable bonds is 0. The van der Waals surface area contributed by atoms with Gasteiger partial charge in [0.05, 0.1) is 0 Å². The van der Waals surface area contributed by atoms with Crippen LogP contribution in [0.3, 0.4) is 0 Å². The molecule has 0 fully saturated rings. The second kappa shape index (κ2) is 10.3. The predicted molar refractivity (Wildman–Crippen MR) is 15.2 cm³/mol. The molecule has 0 aliphatic heterocycles. The quantitative estimate of drug-likeness (QED) is 0.316. The zero-order valence-corrected chi connectivity index (χ0v) is 14.4. The molecule has 0 spiro atoms. The second-order valence-corrected chi connectivity index (χ2v) is 2.68. The van der Waals surface area contributed by atoms with Gasteiger partial charge in [-0.25, -0.2) is 0 Å². The minimum absolute atomic E-state index is 0. The molecule has 0 bridgehead atoms. The molecule has 0 aromatic rings. The maximum Gasteiger partial charge on any atom is 3.00 e. The molecule has 0 amide bonds. The molecule has 0 aliphatic rings. The molecule has 12 heavy (non-hydrogen) atoms. The van der Waals surface area contributed by atoms with Crippen LogP contribution in [0.25, 0.3) is 0 Å². The van der Waals surface area contributed by atoms with Crippen LogP contribution in [-0.2, 0) is 9.13 Å². The summed E-state index contributed by atoms with van der Waals surface area (Å²) in [6.45, 7) is 0. The third-order valence-corrected chi connectivity index (χ3v) is 0. The summed E-state index contributed by atoms with van der Waals surface area (Å²) in [4.78, 5) is 51.3. The van der Waals surface area contributed by atoms with Gasteiger partial charge in [0.25, 0.3) is 0 Å². The average Bonchev–Trinajstić information content (AvgIpc) is 1.12. The summed E-state index contributed by atoms with van der Waals surface area (Å²) >= 11 is 0. The molecule has 12 heteroatoms. The van der Waals surface area contributed by atoms with E-state index in [-0.39, 0.29) is 76.9 Å². The largest absolute Gasteiger partial charge is 3.00 e. The van der Waals surface area contributed by atoms with Crippen LogP contribution in [0, 0.1) is 76.9 Å². The van der Waals surface area contributed by atoms with Crippen LogP contribution >= 0.6 is 15.6 Å². The molecule has 0 aliphatic carbocycles. The van der Waals surface area contributed by atoms with Crippen LogP contribution in [0.5, 0.6) is 0 Å². The Hall–Kier alpha value is 2.78. The Bertz CT molecular complexity index is 129. The van der Waals surface area contributed by atoms with Crippen molar-refractivity contribution in [3.8, 4) is 0 Å². The molecule has 0 radical (unpaired) electrons. The van der Waals surface area contributed by atoms with E-state index in [1.54, 1.807) is 0 Å². The van der Waals surface area contributed by atoms with Gasteiger partial charge in [-0.05, 0) is 0 Å². The average molecular weight is 470 g/mol. The van der Waals surface area contributed by atoms with E-state index in [0.29, 0.717) is 0 Å². The van der Waals surface area contributed by atoms with Gasteiger partial charge < -0.3 is 38.5 Å². The van der Waals surface area contributed by atoms with E-state index in [4.69, 9.17) is 38.5 Å². The van der Waals surface area contributed by atoms with Gasteiger partial charge in [0, 0.05) is 0 Å². The second-order valence-electron chi connectivity index (χ2n) is 0.894. The van der Waals surface area contributed by atoms with E-state index < -0.39 is 15.6 Å². The Balaban J connectivity index is -0.0000000457. The topological polar surface area (TPSA) is 172 Å². The first-order valence-corrected chi connectivity index (χ1v) is 4.38. The standard InChI is InChI=1S/La.2H3O4P.Pr/c;2*1-5(2,3)4;/h;2*(H3,1,2,3,4);/q+3;;;+3/p-6. The van der Waals surface area contributed by atoms with Gasteiger partial charge in [0.2, 0.25) is 0 Å². The van der Waals surface area contributed by atoms with Crippen LogP contribution in [0.1, 0.15) is 0 Å². The van der Waals surface area contributed by atoms with Gasteiger partial charge in [-0.3, -0.25) is 0 Å². The van der Waals surface area contributed by atoms with Crippen molar-refractivity contribution in [2.75, 3.05) is 0 Å². The molecule has 0 unspecified atom stereocenters. The molecule has 64 valence electrons. The molecule has 0 aromatic carbocycles. The monoisotopic (exact) mass is 470 g/mol. The van der Waals surface area contributed by atoms with Crippen LogP contribution in [0.4, 0.5) is 0 Å². The molecular formula is LaO8P2Pr. The minimum Gasteiger partial charge on any atom is -0.822 e. The van der Waals surface area contributed by atoms with Gasteiger partial charge in [0.1, 0.15) is 0 Å². The van der Waals surface area contributed by atoms with Crippen LogP contribution in [-0.4, -0.2) is 0 Å². The summed E-state index contributed by atoms with van der Waals surface area (Å²) in [7, 11) is -10.8. The SMILES string of the molecule is O=P([O-])([O-])[O-].O=P([O-])([O-])[O-].[La+3].[Pr+3]. The van der Waals surface area contributed by atoms with E-state index >= 15 is 0 Å². The summed E-state index contributed by atoms with van der Waals surface area (Å²) in [5, 5.41) is 0. The Labute approximate surface area is 129 Å². The van der Waals surface area contributed by atoms with E-state index in [9.17, 15) is 0 Å². The van der Waals surface area contributed by atoms with E-state index in [2.05, 4.69) is 0 Å². The molecule has 0 aromatic heterocycles. The Morgan fingerprint density at radius 2 is 0.667 bits per heavy atom. The summed E-state index contributed by atoms with van der Waals surface area (Å²) in [5.74, 6) is 0. The van der Waals surface area contributed by atoms with Crippen molar-refractivity contribution in [2.24, 2.45) is 0 Å². The summed E-state index contributed by atoms with van der Waals surface area (Å²) in [6, 6.07) is 0. The van der Waals surface area contributed by atoms with Gasteiger partial charge >= 0.3 is 76.9 Å². The van der Waals surface area contributed by atoms with Crippen molar-refractivity contribution < 1.29 is 115 Å². The van der Waals surface area contributed by atoms with Gasteiger partial charge in [0.15, 0.2) is 0 Å². The maximum absolute atomic E-state index is 8.55. The summed E-state index contributed by atoms with van der Waals surface area (Å²) in [5.41, 5.74) is 0. The van der Waals surface area contributed by atoms with Crippen molar-refractivity contribution in [2.45, 2.75) is 0 Å². The maximum atomic E-state index is 8.55. The first-order chi connectivity index (χ1) is 4.00. The smallest absolute Gasteiger partial charge is 0.822 e. The first-order valence-electron chi connectivity index (χ1n) is 1.46. The van der Waals surface area contributed by atoms with Gasteiger partial charge in [-0.1, -0.05) is 0 Å². The first kappa shape index (κ1) is 24.1. The van der Waals surface area contributed by atoms with E-state index in [1.165, 1.54) is 0 Å². The Morgan fingerprint density at radius 1 is 0.667 bits per heavy atom. The zero-order valence-electron chi connectivity index (χ0n) is 5.32. The fourth-order valence-electron chi connectivity index (χ4n) is 0. The molecule has 0 saturated heterocycles. The number of phosphoric acid groups is 2. The third kappa shape index (κ3) is 230. The van der Waals surface area contributed by atoms with Crippen molar-refractivity contribution in [3.05, 3.63) is 0 Å². The molecule has 0 saturated carbocycles. The fraction of sp³-hybridized carbons (Fsp3) is 0.